The molecule has 0 spiro atoms. The number of anilines is 1. The van der Waals surface area contributed by atoms with Crippen molar-refractivity contribution in [3.8, 4) is 0 Å². The van der Waals surface area contributed by atoms with E-state index in [9.17, 15) is 0 Å². The van der Waals surface area contributed by atoms with E-state index in [1.807, 2.05) is 23.7 Å². The number of nitrogens with zero attached hydrogens (tertiary/aromatic N) is 1. The van der Waals surface area contributed by atoms with Crippen LogP contribution in [0.5, 0.6) is 0 Å². The first-order valence-corrected chi connectivity index (χ1v) is 4.90. The lowest BCUT2D eigenvalue weighted by Gasteiger charge is -1.99. The summed E-state index contributed by atoms with van der Waals surface area (Å²) in [5.41, 5.74) is 2.36. The summed E-state index contributed by atoms with van der Waals surface area (Å²) in [6.07, 6.45) is 1.93. The number of H-pyrrole nitrogens is 1. The number of fused-ring (bicyclic) bond motifs is 3. The van der Waals surface area contributed by atoms with Gasteiger partial charge in [0.25, 0.3) is 0 Å². The first kappa shape index (κ1) is 7.03. The van der Waals surface area contributed by atoms with Gasteiger partial charge in [0.05, 0.1) is 18.1 Å². The molecule has 0 unspecified atom stereocenters. The van der Waals surface area contributed by atoms with Crippen molar-refractivity contribution in [3.63, 3.8) is 0 Å². The van der Waals surface area contributed by atoms with Crippen molar-refractivity contribution in [1.29, 1.82) is 0 Å². The van der Waals surface area contributed by atoms with E-state index in [1.165, 1.54) is 5.52 Å². The zero-order valence-electron chi connectivity index (χ0n) is 6.82. The molecule has 1 aliphatic heterocycles. The Morgan fingerprint density at radius 1 is 1.23 bits per heavy atom. The minimum atomic E-state index is 1.02. The molecule has 3 nitrogen and oxygen atoms in total. The molecule has 0 amide bonds. The summed E-state index contributed by atoms with van der Waals surface area (Å²) >= 11 is 1.67. The van der Waals surface area contributed by atoms with Gasteiger partial charge < -0.3 is 0 Å². The van der Waals surface area contributed by atoms with Crippen LogP contribution in [0.15, 0.2) is 35.9 Å². The number of hydrogen-bond acceptors (Lipinski definition) is 2. The number of benzene rings is 1. The third-order valence-electron chi connectivity index (χ3n) is 2.03. The van der Waals surface area contributed by atoms with Gasteiger partial charge in [-0.15, -0.1) is 0 Å². The number of aromatic nitrogens is 2. The van der Waals surface area contributed by atoms with E-state index in [4.69, 9.17) is 0 Å². The average Bonchev–Trinajstić information content (AvgIpc) is 2.56. The molecular weight excluding hydrogens is 182 g/mol. The van der Waals surface area contributed by atoms with Crippen molar-refractivity contribution >= 4 is 28.9 Å². The number of para-hydroxylation sites is 2. The largest absolute Gasteiger partial charge is 0.372 e. The maximum Gasteiger partial charge on any atom is 0.372 e. The second kappa shape index (κ2) is 2.53. The van der Waals surface area contributed by atoms with Crippen LogP contribution in [0.4, 0.5) is 5.95 Å². The molecule has 3 rings (SSSR count). The molecule has 13 heavy (non-hydrogen) atoms. The average molecular weight is 190 g/mol. The highest BCUT2D eigenvalue weighted by atomic mass is 32.2. The van der Waals surface area contributed by atoms with Gasteiger partial charge in [-0.3, -0.25) is 0 Å². The molecule has 2 N–H and O–H groups in total. The highest BCUT2D eigenvalue weighted by molar-refractivity contribution is 7.96. The van der Waals surface area contributed by atoms with Crippen LogP contribution in [0.2, 0.25) is 0 Å². The first-order valence-electron chi connectivity index (χ1n) is 4.06. The zero-order valence-corrected chi connectivity index (χ0v) is 7.64. The molecule has 4 heteroatoms. The fourth-order valence-corrected chi connectivity index (χ4v) is 2.19. The van der Waals surface area contributed by atoms with E-state index in [0.717, 1.165) is 11.5 Å². The van der Waals surface area contributed by atoms with Gasteiger partial charge in [0.1, 0.15) is 5.52 Å². The van der Waals surface area contributed by atoms with Gasteiger partial charge >= 0.3 is 5.95 Å². The van der Waals surface area contributed by atoms with Gasteiger partial charge in [0.15, 0.2) is 5.52 Å². The van der Waals surface area contributed by atoms with Crippen LogP contribution >= 0.6 is 11.9 Å². The van der Waals surface area contributed by atoms with Gasteiger partial charge in [-0.25, -0.2) is 10.3 Å². The summed E-state index contributed by atoms with van der Waals surface area (Å²) in [4.78, 5) is 3.30. The van der Waals surface area contributed by atoms with Gasteiger partial charge in [0, 0.05) is 5.41 Å². The fraction of sp³-hybridized carbons (Fsp3) is 0. The van der Waals surface area contributed by atoms with Crippen molar-refractivity contribution in [2.45, 2.75) is 0 Å². The molecule has 64 valence electrons. The third kappa shape index (κ3) is 0.954. The molecule has 0 fully saturated rings. The summed E-state index contributed by atoms with van der Waals surface area (Å²) in [5, 5.41) is 5.18. The normalized spacial score (nSPS) is 14.2. The Bertz CT molecular complexity index is 487. The van der Waals surface area contributed by atoms with Crippen LogP contribution < -0.4 is 9.29 Å². The van der Waals surface area contributed by atoms with Gasteiger partial charge in [0.2, 0.25) is 0 Å². The van der Waals surface area contributed by atoms with Gasteiger partial charge in [-0.2, -0.15) is 3.97 Å². The molecule has 2 heterocycles. The zero-order chi connectivity index (χ0) is 8.67. The van der Waals surface area contributed by atoms with Crippen molar-refractivity contribution in [1.82, 2.24) is 4.98 Å². The maximum atomic E-state index is 3.30. The smallest absolute Gasteiger partial charge is 0.250 e. The van der Waals surface area contributed by atoms with Crippen LogP contribution in [0.25, 0.3) is 11.0 Å². The summed E-state index contributed by atoms with van der Waals surface area (Å²) < 4.78 is 2.13. The Labute approximate surface area is 79.6 Å². The molecule has 0 bridgehead atoms. The third-order valence-corrected chi connectivity index (χ3v) is 2.88. The Balaban J connectivity index is 2.37. The lowest BCUT2D eigenvalue weighted by Crippen LogP contribution is -2.28. The summed E-state index contributed by atoms with van der Waals surface area (Å²) in [5.74, 6) is 1.02. The number of imidazole rings is 1. The first-order chi connectivity index (χ1) is 6.45. The van der Waals surface area contributed by atoms with E-state index in [1.54, 1.807) is 11.9 Å². The quantitative estimate of drug-likeness (QED) is 0.621. The number of rotatable bonds is 0. The van der Waals surface area contributed by atoms with Gasteiger partial charge in [-0.05, 0) is 12.1 Å². The molecular formula is C9H8N3S+. The highest BCUT2D eigenvalue weighted by Crippen LogP contribution is 2.18. The van der Waals surface area contributed by atoms with E-state index in [-0.39, 0.29) is 0 Å². The number of hydrogen-bond donors (Lipinski definition) is 2. The van der Waals surface area contributed by atoms with Crippen molar-refractivity contribution in [2.24, 2.45) is 0 Å². The summed E-state index contributed by atoms with van der Waals surface area (Å²) in [6.45, 7) is 0. The molecule has 1 aromatic heterocycles. The Morgan fingerprint density at radius 3 is 3.15 bits per heavy atom. The second-order valence-electron chi connectivity index (χ2n) is 2.84. The van der Waals surface area contributed by atoms with E-state index < -0.39 is 0 Å². The van der Waals surface area contributed by atoms with E-state index in [2.05, 4.69) is 26.4 Å². The van der Waals surface area contributed by atoms with Crippen LogP contribution in [0.1, 0.15) is 0 Å². The van der Waals surface area contributed by atoms with Crippen molar-refractivity contribution in [2.75, 3.05) is 5.32 Å². The molecule has 1 aromatic carbocycles. The van der Waals surface area contributed by atoms with Gasteiger partial charge in [-0.1, -0.05) is 12.1 Å². The van der Waals surface area contributed by atoms with Crippen molar-refractivity contribution in [3.05, 3.63) is 35.9 Å². The van der Waals surface area contributed by atoms with Crippen LogP contribution in [0, 0.1) is 0 Å². The minimum Gasteiger partial charge on any atom is -0.250 e. The standard InChI is InChI=1S/C9H7N3S/c1-2-4-8-7(3-1)11-9-10-5-6-13-12(8)9/h1-6H,(H,10,11)/p+1. The Morgan fingerprint density at radius 2 is 2.15 bits per heavy atom. The lowest BCUT2D eigenvalue weighted by atomic mass is 10.3. The molecule has 0 saturated carbocycles. The highest BCUT2D eigenvalue weighted by Gasteiger charge is 2.18. The molecule has 0 saturated heterocycles. The Kier molecular flexibility index (Phi) is 1.37. The van der Waals surface area contributed by atoms with Crippen LogP contribution in [0.3, 0.4) is 0 Å². The maximum absolute atomic E-state index is 3.30. The monoisotopic (exact) mass is 190 g/mol. The lowest BCUT2D eigenvalue weighted by molar-refractivity contribution is -0.445. The molecule has 2 aromatic rings. The number of nitrogens with one attached hydrogen (secondary N) is 2. The number of aromatic amines is 1. The van der Waals surface area contributed by atoms with E-state index in [0.29, 0.717) is 0 Å². The second-order valence-corrected chi connectivity index (χ2v) is 3.69. The summed E-state index contributed by atoms with van der Waals surface area (Å²) in [6, 6.07) is 8.25. The molecule has 0 atom stereocenters. The molecule has 1 aliphatic rings. The molecule has 0 aliphatic carbocycles. The van der Waals surface area contributed by atoms with Crippen LogP contribution in [-0.4, -0.2) is 4.98 Å². The van der Waals surface area contributed by atoms with E-state index >= 15 is 0 Å². The molecule has 0 radical (unpaired) electrons. The summed E-state index contributed by atoms with van der Waals surface area (Å²) in [7, 11) is 0. The minimum absolute atomic E-state index is 1.02. The predicted octanol–water partition coefficient (Wildman–Crippen LogP) is 1.85. The van der Waals surface area contributed by atoms with Crippen LogP contribution in [-0.2, 0) is 0 Å². The SMILES string of the molecule is C1=CS[n+]2c([nH]c3ccccc32)N1. The topological polar surface area (TPSA) is 31.7 Å². The Hall–Kier alpha value is -1.42. The van der Waals surface area contributed by atoms with Crippen molar-refractivity contribution < 1.29 is 3.97 Å². The predicted molar refractivity (Wildman–Crippen MR) is 54.2 cm³/mol. The fourth-order valence-electron chi connectivity index (χ4n) is 1.46.